The Bertz CT molecular complexity index is 1680. The Labute approximate surface area is 233 Å². The second kappa shape index (κ2) is 10.4. The van der Waals surface area contributed by atoms with Gasteiger partial charge in [-0.3, -0.25) is 9.78 Å². The lowest BCUT2D eigenvalue weighted by molar-refractivity contribution is 0.275. The van der Waals surface area contributed by atoms with Gasteiger partial charge in [-0.2, -0.15) is 0 Å². The maximum Gasteiger partial charge on any atom is 0.494 e. The summed E-state index contributed by atoms with van der Waals surface area (Å²) in [5.74, 6) is 0.136. The predicted octanol–water partition coefficient (Wildman–Crippen LogP) is 5.30. The monoisotopic (exact) mass is 541 g/mol. The maximum atomic E-state index is 15.0. The van der Waals surface area contributed by atoms with Gasteiger partial charge in [0.1, 0.15) is 11.4 Å². The molecule has 0 bridgehead atoms. The number of anilines is 2. The van der Waals surface area contributed by atoms with Crippen LogP contribution < -0.4 is 21.1 Å². The summed E-state index contributed by atoms with van der Waals surface area (Å²) < 4.78 is 26.8. The number of benzene rings is 2. The van der Waals surface area contributed by atoms with Crippen molar-refractivity contribution in [2.45, 2.75) is 59.6 Å². The normalized spacial score (nSPS) is 15.9. The maximum absolute atomic E-state index is 15.0. The number of aromatic nitrogens is 1. The molecule has 0 saturated carbocycles. The van der Waals surface area contributed by atoms with Gasteiger partial charge in [0.2, 0.25) is 5.88 Å². The summed E-state index contributed by atoms with van der Waals surface area (Å²) in [5, 5.41) is 14.1. The van der Waals surface area contributed by atoms with Crippen molar-refractivity contribution < 1.29 is 18.5 Å². The molecule has 2 N–H and O–H groups in total. The summed E-state index contributed by atoms with van der Waals surface area (Å²) in [6.07, 6.45) is 3.35. The van der Waals surface area contributed by atoms with E-state index < -0.39 is 12.9 Å². The highest BCUT2D eigenvalue weighted by molar-refractivity contribution is 6.61. The molecule has 40 heavy (non-hydrogen) atoms. The summed E-state index contributed by atoms with van der Waals surface area (Å²) in [4.78, 5) is 20.5. The van der Waals surface area contributed by atoms with Gasteiger partial charge in [0, 0.05) is 35.4 Å². The minimum Gasteiger partial charge on any atom is -0.440 e. The number of rotatable bonds is 5. The molecule has 6 rings (SSSR count). The van der Waals surface area contributed by atoms with Crippen LogP contribution in [0.1, 0.15) is 60.2 Å². The quantitative estimate of drug-likeness (QED) is 0.332. The van der Waals surface area contributed by atoms with E-state index in [2.05, 4.69) is 10.2 Å². The molecule has 2 aromatic carbocycles. The summed E-state index contributed by atoms with van der Waals surface area (Å²) in [5.41, 5.74) is 6.54. The molecule has 0 radical (unpaired) electrons. The molecule has 9 heteroatoms. The Kier molecular flexibility index (Phi) is 6.88. The molecule has 4 aromatic rings. The first-order valence-electron chi connectivity index (χ1n) is 13.9. The van der Waals surface area contributed by atoms with Crippen molar-refractivity contribution in [2.24, 2.45) is 0 Å². The fourth-order valence-electron chi connectivity index (χ4n) is 5.94. The highest BCUT2D eigenvalue weighted by Crippen LogP contribution is 2.35. The Morgan fingerprint density at radius 2 is 1.88 bits per heavy atom. The molecule has 206 valence electrons. The topological polar surface area (TPSA) is 87.8 Å². The van der Waals surface area contributed by atoms with Crippen molar-refractivity contribution in [3.8, 4) is 11.3 Å². The first-order chi connectivity index (χ1) is 19.2. The van der Waals surface area contributed by atoms with Crippen molar-refractivity contribution in [1.82, 2.24) is 4.98 Å². The Hall–Kier alpha value is -3.69. The van der Waals surface area contributed by atoms with Crippen LogP contribution >= 0.6 is 0 Å². The highest BCUT2D eigenvalue weighted by Gasteiger charge is 2.32. The highest BCUT2D eigenvalue weighted by atomic mass is 19.1. The third-order valence-corrected chi connectivity index (χ3v) is 8.02. The van der Waals surface area contributed by atoms with E-state index in [4.69, 9.17) is 14.1 Å². The molecule has 2 aliphatic heterocycles. The zero-order valence-corrected chi connectivity index (χ0v) is 23.3. The minimum absolute atomic E-state index is 0.00492. The largest absolute Gasteiger partial charge is 0.494 e. The summed E-state index contributed by atoms with van der Waals surface area (Å²) in [6.45, 7) is 9.63. The number of fused-ring (bicyclic) bond motifs is 2. The Balaban J connectivity index is 1.43. The van der Waals surface area contributed by atoms with Gasteiger partial charge in [-0.15, -0.1) is 0 Å². The Morgan fingerprint density at radius 1 is 1.10 bits per heavy atom. The van der Waals surface area contributed by atoms with Gasteiger partial charge < -0.3 is 24.3 Å². The molecule has 1 atom stereocenters. The van der Waals surface area contributed by atoms with Gasteiger partial charge in [-0.1, -0.05) is 6.07 Å². The van der Waals surface area contributed by atoms with E-state index in [1.165, 1.54) is 12.5 Å². The van der Waals surface area contributed by atoms with Gasteiger partial charge in [0.15, 0.2) is 5.43 Å². The van der Waals surface area contributed by atoms with E-state index in [0.29, 0.717) is 39.2 Å². The zero-order chi connectivity index (χ0) is 28.1. The van der Waals surface area contributed by atoms with Crippen molar-refractivity contribution in [2.75, 3.05) is 23.3 Å². The molecular weight excluding hydrogens is 508 g/mol. The molecule has 2 aliphatic rings. The molecule has 0 amide bonds. The summed E-state index contributed by atoms with van der Waals surface area (Å²) >= 11 is 0. The summed E-state index contributed by atoms with van der Waals surface area (Å²) in [7, 11) is -1.25. The number of halogens is 1. The fourth-order valence-corrected chi connectivity index (χ4v) is 5.94. The number of aryl methyl sites for hydroxylation is 2. The van der Waals surface area contributed by atoms with Crippen LogP contribution in [0.25, 0.3) is 22.2 Å². The first-order valence-corrected chi connectivity index (χ1v) is 13.9. The van der Waals surface area contributed by atoms with E-state index in [-0.39, 0.29) is 23.5 Å². The van der Waals surface area contributed by atoms with Crippen molar-refractivity contribution in [3.63, 3.8) is 0 Å². The van der Waals surface area contributed by atoms with E-state index in [0.717, 1.165) is 48.4 Å². The fraction of sp³-hybridized carbons (Fsp3) is 0.355. The van der Waals surface area contributed by atoms with Crippen LogP contribution in [0.3, 0.4) is 0 Å². The van der Waals surface area contributed by atoms with Crippen molar-refractivity contribution >= 4 is 35.1 Å². The second-order valence-electron chi connectivity index (χ2n) is 11.0. The third-order valence-electron chi connectivity index (χ3n) is 8.02. The van der Waals surface area contributed by atoms with Crippen molar-refractivity contribution in [1.29, 1.82) is 0 Å². The SMILES string of the molecule is Cc1cc([C@H](C)Nc2ccc(C)nc2-c2cc(F)c3c(c2)COB3O)c2oc(N3CCCCC3)c(C)c(=O)c2c1. The molecular formula is C31H33BFN3O4. The number of nitrogens with zero attached hydrogens (tertiary/aromatic N) is 2. The zero-order valence-electron chi connectivity index (χ0n) is 23.3. The average molecular weight is 541 g/mol. The van der Waals surface area contributed by atoms with E-state index in [9.17, 15) is 14.2 Å². The van der Waals surface area contributed by atoms with E-state index in [1.54, 1.807) is 0 Å². The van der Waals surface area contributed by atoms with Gasteiger partial charge >= 0.3 is 7.12 Å². The van der Waals surface area contributed by atoms with Crippen LogP contribution in [0.5, 0.6) is 0 Å². The molecule has 7 nitrogen and oxygen atoms in total. The van der Waals surface area contributed by atoms with Gasteiger partial charge in [0.25, 0.3) is 0 Å². The van der Waals surface area contributed by atoms with Gasteiger partial charge in [-0.25, -0.2) is 4.39 Å². The number of nitrogens with one attached hydrogen (secondary N) is 1. The van der Waals surface area contributed by atoms with Crippen LogP contribution in [-0.4, -0.2) is 30.2 Å². The predicted molar refractivity (Wildman–Crippen MR) is 157 cm³/mol. The molecule has 0 aliphatic carbocycles. The molecule has 0 spiro atoms. The molecule has 4 heterocycles. The van der Waals surface area contributed by atoms with Crippen LogP contribution in [-0.2, 0) is 11.3 Å². The van der Waals surface area contributed by atoms with Crippen molar-refractivity contribution in [3.05, 3.63) is 80.4 Å². The van der Waals surface area contributed by atoms with Crippen LogP contribution in [0, 0.1) is 26.6 Å². The Morgan fingerprint density at radius 3 is 2.65 bits per heavy atom. The number of pyridine rings is 1. The minimum atomic E-state index is -1.25. The van der Waals surface area contributed by atoms with E-state index in [1.807, 2.05) is 58.0 Å². The third kappa shape index (κ3) is 4.67. The molecule has 1 saturated heterocycles. The lowest BCUT2D eigenvalue weighted by Crippen LogP contribution is -2.31. The van der Waals surface area contributed by atoms with Crippen LogP contribution in [0.4, 0.5) is 16.0 Å². The molecule has 0 unspecified atom stereocenters. The summed E-state index contributed by atoms with van der Waals surface area (Å²) in [6, 6.07) is 10.7. The lowest BCUT2D eigenvalue weighted by Gasteiger charge is -2.29. The van der Waals surface area contributed by atoms with Crippen LogP contribution in [0.15, 0.2) is 45.6 Å². The first kappa shape index (κ1) is 26.5. The molecule has 2 aromatic heterocycles. The standard InChI is InChI=1S/C31H33BFN3O4/c1-17-12-23(30-24(13-17)29(37)19(3)31(40-30)36-10-6-5-7-11-36)20(4)35-26-9-8-18(2)34-28(26)21-14-22-16-39-32(38)27(22)25(33)15-21/h8-9,12-15,20,35,38H,5-7,10-11,16H2,1-4H3/t20-/m0/s1. The van der Waals surface area contributed by atoms with Gasteiger partial charge in [0.05, 0.1) is 35.0 Å². The number of hydrogen-bond donors (Lipinski definition) is 2. The smallest absolute Gasteiger partial charge is 0.440 e. The number of piperidine rings is 1. The molecule has 1 fully saturated rings. The number of hydrogen-bond acceptors (Lipinski definition) is 7. The lowest BCUT2D eigenvalue weighted by atomic mass is 9.78. The van der Waals surface area contributed by atoms with Gasteiger partial charge in [-0.05, 0) is 88.4 Å². The second-order valence-corrected chi connectivity index (χ2v) is 11.0. The van der Waals surface area contributed by atoms with Crippen LogP contribution in [0.2, 0.25) is 0 Å². The average Bonchev–Trinajstić information content (AvgIpc) is 3.32. The van der Waals surface area contributed by atoms with E-state index >= 15 is 0 Å².